The van der Waals surface area contributed by atoms with Crippen molar-refractivity contribution in [3.63, 3.8) is 0 Å². The summed E-state index contributed by atoms with van der Waals surface area (Å²) >= 11 is 0. The minimum absolute atomic E-state index is 0.579. The molecule has 4 rings (SSSR count). The Morgan fingerprint density at radius 1 is 0.897 bits per heavy atom. The van der Waals surface area contributed by atoms with Gasteiger partial charge in [0.1, 0.15) is 17.3 Å². The number of hydrogen-bond donors (Lipinski definition) is 0. The zero-order valence-electron chi connectivity index (χ0n) is 15.2. The molecule has 0 aliphatic carbocycles. The lowest BCUT2D eigenvalue weighted by Gasteiger charge is -2.00. The number of benzene rings is 2. The molecule has 4 aromatic rings. The van der Waals surface area contributed by atoms with Gasteiger partial charge in [0.15, 0.2) is 5.78 Å². The highest BCUT2D eigenvalue weighted by molar-refractivity contribution is 6.07. The van der Waals surface area contributed by atoms with E-state index < -0.39 is 23.0 Å². The van der Waals surface area contributed by atoms with Gasteiger partial charge in [-0.05, 0) is 48.6 Å². The number of carbonyl (C=O) groups excluding carboxylic acids is 1. The average molecular weight is 387 g/mol. The van der Waals surface area contributed by atoms with Gasteiger partial charge in [0.25, 0.3) is 0 Å². The van der Waals surface area contributed by atoms with Crippen molar-refractivity contribution in [2.45, 2.75) is 0 Å². The Kier molecular flexibility index (Phi) is 5.07. The van der Waals surface area contributed by atoms with Crippen LogP contribution in [0, 0.1) is 11.6 Å². The van der Waals surface area contributed by atoms with Gasteiger partial charge in [-0.1, -0.05) is 24.3 Å². The predicted octanol–water partition coefficient (Wildman–Crippen LogP) is 5.11. The topological polar surface area (TPSA) is 47.8 Å². The lowest BCUT2D eigenvalue weighted by Crippen LogP contribution is -2.02. The van der Waals surface area contributed by atoms with E-state index in [0.29, 0.717) is 11.3 Å². The molecule has 0 N–H and O–H groups in total. The molecule has 0 radical (unpaired) electrons. The van der Waals surface area contributed by atoms with Gasteiger partial charge >= 0.3 is 0 Å². The van der Waals surface area contributed by atoms with Crippen LogP contribution >= 0.6 is 0 Å². The van der Waals surface area contributed by atoms with Crippen LogP contribution in [0.1, 0.15) is 15.9 Å². The molecule has 0 spiro atoms. The molecule has 142 valence electrons. The van der Waals surface area contributed by atoms with Crippen molar-refractivity contribution in [2.75, 3.05) is 0 Å². The van der Waals surface area contributed by atoms with Crippen molar-refractivity contribution in [1.29, 1.82) is 0 Å². The van der Waals surface area contributed by atoms with Crippen molar-refractivity contribution in [2.24, 2.45) is 0 Å². The summed E-state index contributed by atoms with van der Waals surface area (Å²) < 4.78 is 29.4. The summed E-state index contributed by atoms with van der Waals surface area (Å²) in [5.41, 5.74) is 2.32. The van der Waals surface area contributed by atoms with Crippen LogP contribution in [0.15, 0.2) is 85.3 Å². The number of allylic oxidation sites excluding steroid dienone is 1. The largest absolute Gasteiger partial charge is 0.289 e. The quantitative estimate of drug-likeness (QED) is 0.353. The molecule has 2 heterocycles. The SMILES string of the molecule is O=C(/C=C/c1cn(-c2ccccc2)nc1-c1ccncc1)c1c(F)cccc1F. The number of aromatic nitrogens is 3. The first-order chi connectivity index (χ1) is 14.1. The van der Waals surface area contributed by atoms with E-state index in [1.165, 1.54) is 12.1 Å². The number of carbonyl (C=O) groups is 1. The molecule has 0 unspecified atom stereocenters. The Balaban J connectivity index is 1.75. The highest BCUT2D eigenvalue weighted by atomic mass is 19.1. The van der Waals surface area contributed by atoms with Gasteiger partial charge in [0.2, 0.25) is 0 Å². The van der Waals surface area contributed by atoms with Crippen LogP contribution in [0.5, 0.6) is 0 Å². The molecular weight excluding hydrogens is 372 g/mol. The minimum atomic E-state index is -0.894. The molecule has 2 aromatic heterocycles. The summed E-state index contributed by atoms with van der Waals surface area (Å²) in [6.45, 7) is 0. The smallest absolute Gasteiger partial charge is 0.191 e. The van der Waals surface area contributed by atoms with E-state index >= 15 is 0 Å². The fraction of sp³-hybridized carbons (Fsp3) is 0. The number of pyridine rings is 1. The lowest BCUT2D eigenvalue weighted by atomic mass is 10.1. The fourth-order valence-corrected chi connectivity index (χ4v) is 2.94. The number of ketones is 1. The maximum Gasteiger partial charge on any atom is 0.191 e. The lowest BCUT2D eigenvalue weighted by molar-refractivity contribution is 0.104. The molecule has 0 aliphatic rings. The van der Waals surface area contributed by atoms with Crippen LogP contribution in [0.2, 0.25) is 0 Å². The van der Waals surface area contributed by atoms with Gasteiger partial charge in [-0.15, -0.1) is 0 Å². The molecule has 6 heteroatoms. The van der Waals surface area contributed by atoms with Gasteiger partial charge < -0.3 is 0 Å². The molecule has 4 nitrogen and oxygen atoms in total. The third kappa shape index (κ3) is 3.87. The number of rotatable bonds is 5. The van der Waals surface area contributed by atoms with Crippen LogP contribution < -0.4 is 0 Å². The van der Waals surface area contributed by atoms with Crippen LogP contribution in [0.4, 0.5) is 8.78 Å². The molecule has 29 heavy (non-hydrogen) atoms. The first kappa shape index (κ1) is 18.4. The number of para-hydroxylation sites is 1. The molecule has 0 aliphatic heterocycles. The zero-order chi connectivity index (χ0) is 20.2. The summed E-state index contributed by atoms with van der Waals surface area (Å²) in [6, 6.07) is 16.4. The van der Waals surface area contributed by atoms with Gasteiger partial charge in [-0.3, -0.25) is 9.78 Å². The molecule has 0 atom stereocenters. The molecule has 0 fully saturated rings. The Morgan fingerprint density at radius 2 is 1.59 bits per heavy atom. The maximum atomic E-state index is 13.9. The van der Waals surface area contributed by atoms with Crippen molar-refractivity contribution >= 4 is 11.9 Å². The zero-order valence-corrected chi connectivity index (χ0v) is 15.2. The fourth-order valence-electron chi connectivity index (χ4n) is 2.94. The van der Waals surface area contributed by atoms with Gasteiger partial charge in [-0.2, -0.15) is 5.10 Å². The van der Waals surface area contributed by atoms with E-state index in [1.807, 2.05) is 30.3 Å². The van der Waals surface area contributed by atoms with Crippen LogP contribution in [-0.4, -0.2) is 20.5 Å². The van der Waals surface area contributed by atoms with E-state index in [1.54, 1.807) is 35.4 Å². The second-order valence-corrected chi connectivity index (χ2v) is 6.24. The third-order valence-corrected chi connectivity index (χ3v) is 4.34. The van der Waals surface area contributed by atoms with E-state index in [-0.39, 0.29) is 0 Å². The second kappa shape index (κ2) is 7.98. The third-order valence-electron chi connectivity index (χ3n) is 4.34. The summed E-state index contributed by atoms with van der Waals surface area (Å²) in [5, 5.41) is 4.61. The monoisotopic (exact) mass is 387 g/mol. The van der Waals surface area contributed by atoms with Crippen LogP contribution in [0.25, 0.3) is 23.0 Å². The van der Waals surface area contributed by atoms with Crippen molar-refractivity contribution < 1.29 is 13.6 Å². The molecule has 2 aromatic carbocycles. The van der Waals surface area contributed by atoms with E-state index in [0.717, 1.165) is 29.5 Å². The molecular formula is C23H15F2N3O. The Bertz CT molecular complexity index is 1170. The summed E-state index contributed by atoms with van der Waals surface area (Å²) in [4.78, 5) is 16.4. The van der Waals surface area contributed by atoms with Crippen molar-refractivity contribution in [3.8, 4) is 16.9 Å². The summed E-state index contributed by atoms with van der Waals surface area (Å²) in [6.07, 6.45) is 7.70. The number of nitrogens with zero attached hydrogens (tertiary/aromatic N) is 3. The molecule has 0 saturated heterocycles. The molecule has 0 bridgehead atoms. The van der Waals surface area contributed by atoms with E-state index in [4.69, 9.17) is 0 Å². The maximum absolute atomic E-state index is 13.9. The number of hydrogen-bond acceptors (Lipinski definition) is 3. The summed E-state index contributed by atoms with van der Waals surface area (Å²) in [5.74, 6) is -2.54. The first-order valence-electron chi connectivity index (χ1n) is 8.85. The van der Waals surface area contributed by atoms with E-state index in [9.17, 15) is 13.6 Å². The molecule has 0 saturated carbocycles. The normalized spacial score (nSPS) is 11.1. The second-order valence-electron chi connectivity index (χ2n) is 6.24. The Morgan fingerprint density at radius 3 is 2.28 bits per heavy atom. The van der Waals surface area contributed by atoms with Gasteiger partial charge in [-0.25, -0.2) is 13.5 Å². The number of halogens is 2. The highest BCUT2D eigenvalue weighted by Crippen LogP contribution is 2.25. The van der Waals surface area contributed by atoms with Crippen molar-refractivity contribution in [3.05, 3.63) is 108 Å². The van der Waals surface area contributed by atoms with Crippen LogP contribution in [0.3, 0.4) is 0 Å². The minimum Gasteiger partial charge on any atom is -0.289 e. The summed E-state index contributed by atoms with van der Waals surface area (Å²) in [7, 11) is 0. The van der Waals surface area contributed by atoms with Gasteiger partial charge in [0, 0.05) is 29.7 Å². The molecule has 0 amide bonds. The van der Waals surface area contributed by atoms with Gasteiger partial charge in [0.05, 0.1) is 11.3 Å². The first-order valence-corrected chi connectivity index (χ1v) is 8.85. The van der Waals surface area contributed by atoms with Crippen molar-refractivity contribution in [1.82, 2.24) is 14.8 Å². The highest BCUT2D eigenvalue weighted by Gasteiger charge is 2.15. The Labute approximate surface area is 165 Å². The van der Waals surface area contributed by atoms with E-state index in [2.05, 4.69) is 10.1 Å². The standard InChI is InChI=1S/C23H15F2N3O/c24-19-7-4-8-20(25)22(19)21(29)10-9-17-15-28(18-5-2-1-3-6-18)27-23(17)16-11-13-26-14-12-16/h1-15H/b10-9+. The average Bonchev–Trinajstić information content (AvgIpc) is 3.18. The Hall–Kier alpha value is -3.93. The predicted molar refractivity (Wildman–Crippen MR) is 107 cm³/mol. The van der Waals surface area contributed by atoms with Crippen LogP contribution in [-0.2, 0) is 0 Å².